The van der Waals surface area contributed by atoms with E-state index in [1.165, 1.54) is 38.6 Å². The van der Waals surface area contributed by atoms with Gasteiger partial charge >= 0.3 is 0 Å². The summed E-state index contributed by atoms with van der Waals surface area (Å²) in [5, 5.41) is 0. The van der Waals surface area contributed by atoms with E-state index in [4.69, 9.17) is 0 Å². The molecule has 0 aromatic carbocycles. The molecule has 1 aromatic rings. The average molecular weight is 360 g/mol. The van der Waals surface area contributed by atoms with Crippen molar-refractivity contribution in [3.8, 4) is 0 Å². The molecule has 144 valence electrons. The maximum Gasteiger partial charge on any atom is 0.227 e. The Balaban J connectivity index is 1.27. The molecule has 0 bridgehead atoms. The number of aryl methyl sites for hydroxylation is 1. The molecule has 26 heavy (non-hydrogen) atoms. The lowest BCUT2D eigenvalue weighted by Crippen LogP contribution is -2.53. The van der Waals surface area contributed by atoms with E-state index in [-0.39, 0.29) is 5.92 Å². The van der Waals surface area contributed by atoms with Gasteiger partial charge in [0.15, 0.2) is 0 Å². The maximum atomic E-state index is 13.1. The van der Waals surface area contributed by atoms with Gasteiger partial charge in [0, 0.05) is 58.2 Å². The van der Waals surface area contributed by atoms with Crippen molar-refractivity contribution in [1.29, 1.82) is 0 Å². The highest BCUT2D eigenvalue weighted by molar-refractivity contribution is 5.79. The second-order valence-corrected chi connectivity index (χ2v) is 8.33. The number of imidazole rings is 1. The highest BCUT2D eigenvalue weighted by Crippen LogP contribution is 2.28. The summed E-state index contributed by atoms with van der Waals surface area (Å²) in [6, 6.07) is 0.750. The van der Waals surface area contributed by atoms with E-state index in [1.807, 2.05) is 19.4 Å². The largest absolute Gasteiger partial charge is 0.340 e. The fourth-order valence-electron chi connectivity index (χ4n) is 4.94. The Morgan fingerprint density at radius 2 is 1.85 bits per heavy atom. The van der Waals surface area contributed by atoms with Crippen LogP contribution >= 0.6 is 0 Å². The first-order chi connectivity index (χ1) is 12.7. The van der Waals surface area contributed by atoms with Crippen LogP contribution in [0.15, 0.2) is 12.4 Å². The van der Waals surface area contributed by atoms with Crippen molar-refractivity contribution in [2.45, 2.75) is 51.1 Å². The molecule has 3 heterocycles. The fourth-order valence-corrected chi connectivity index (χ4v) is 4.94. The summed E-state index contributed by atoms with van der Waals surface area (Å²) < 4.78 is 2.08. The molecule has 4 rings (SSSR count). The summed E-state index contributed by atoms with van der Waals surface area (Å²) in [4.78, 5) is 24.6. The third kappa shape index (κ3) is 3.96. The Labute approximate surface area is 157 Å². The number of likely N-dealkylation sites (tertiary alicyclic amines) is 1. The van der Waals surface area contributed by atoms with Crippen LogP contribution in [-0.4, -0.2) is 75.5 Å². The second-order valence-electron chi connectivity index (χ2n) is 8.33. The number of carbonyl (C=O) groups is 1. The maximum absolute atomic E-state index is 13.1. The number of aromatic nitrogens is 2. The van der Waals surface area contributed by atoms with Crippen LogP contribution in [0, 0.1) is 5.92 Å². The van der Waals surface area contributed by atoms with Crippen molar-refractivity contribution in [2.75, 3.05) is 39.3 Å². The van der Waals surface area contributed by atoms with Gasteiger partial charge in [-0.2, -0.15) is 0 Å². The van der Waals surface area contributed by atoms with Gasteiger partial charge in [0.2, 0.25) is 5.91 Å². The van der Waals surface area contributed by atoms with E-state index < -0.39 is 0 Å². The first-order valence-electron chi connectivity index (χ1n) is 10.4. The molecule has 0 N–H and O–H groups in total. The van der Waals surface area contributed by atoms with Crippen molar-refractivity contribution in [2.24, 2.45) is 13.0 Å². The topological polar surface area (TPSA) is 44.6 Å². The number of hydrogen-bond donors (Lipinski definition) is 0. The van der Waals surface area contributed by atoms with Gasteiger partial charge in [-0.25, -0.2) is 4.98 Å². The van der Waals surface area contributed by atoms with Crippen LogP contribution in [0.5, 0.6) is 0 Å². The van der Waals surface area contributed by atoms with Crippen LogP contribution in [0.2, 0.25) is 0 Å². The van der Waals surface area contributed by atoms with Gasteiger partial charge < -0.3 is 9.47 Å². The molecule has 1 aromatic heterocycles. The number of rotatable bonds is 4. The van der Waals surface area contributed by atoms with Crippen molar-refractivity contribution in [3.05, 3.63) is 18.2 Å². The number of hydrogen-bond acceptors (Lipinski definition) is 4. The molecule has 0 radical (unpaired) electrons. The van der Waals surface area contributed by atoms with Gasteiger partial charge in [0.25, 0.3) is 0 Å². The van der Waals surface area contributed by atoms with Gasteiger partial charge in [0.1, 0.15) is 5.82 Å². The molecule has 1 atom stereocenters. The first kappa shape index (κ1) is 18.0. The zero-order valence-electron chi connectivity index (χ0n) is 16.1. The Morgan fingerprint density at radius 3 is 2.54 bits per heavy atom. The lowest BCUT2D eigenvalue weighted by atomic mass is 9.94. The molecule has 2 aliphatic heterocycles. The Kier molecular flexibility index (Phi) is 5.60. The molecule has 1 amide bonds. The number of nitrogens with zero attached hydrogens (tertiary/aromatic N) is 5. The van der Waals surface area contributed by atoms with Crippen LogP contribution < -0.4 is 0 Å². The predicted molar refractivity (Wildman–Crippen MR) is 102 cm³/mol. The van der Waals surface area contributed by atoms with Gasteiger partial charge in [-0.05, 0) is 32.2 Å². The normalized spacial score (nSPS) is 26.5. The highest BCUT2D eigenvalue weighted by atomic mass is 16.2. The Morgan fingerprint density at radius 1 is 1.08 bits per heavy atom. The summed E-state index contributed by atoms with van der Waals surface area (Å²) >= 11 is 0. The Hall–Kier alpha value is -1.40. The lowest BCUT2D eigenvalue weighted by Gasteiger charge is -2.40. The minimum Gasteiger partial charge on any atom is -0.340 e. The van der Waals surface area contributed by atoms with Gasteiger partial charge in [-0.15, -0.1) is 0 Å². The van der Waals surface area contributed by atoms with Gasteiger partial charge in [-0.3, -0.25) is 14.6 Å². The van der Waals surface area contributed by atoms with Crippen LogP contribution in [-0.2, 0) is 18.4 Å². The standard InChI is InChI=1S/C20H33N5O/c1-22-10-8-21-19(22)16-23-11-13-24(14-12-23)20(26)17-5-4-9-25(15-17)18-6-2-3-7-18/h8,10,17-18H,2-7,9,11-16H2,1H3/t17-/m1/s1. The molecule has 6 nitrogen and oxygen atoms in total. The van der Waals surface area contributed by atoms with Crippen molar-refractivity contribution >= 4 is 5.91 Å². The molecule has 2 saturated heterocycles. The first-order valence-corrected chi connectivity index (χ1v) is 10.4. The second kappa shape index (κ2) is 8.09. The minimum absolute atomic E-state index is 0.227. The number of amides is 1. The summed E-state index contributed by atoms with van der Waals surface area (Å²) in [7, 11) is 2.04. The molecular formula is C20H33N5O. The van der Waals surface area contributed by atoms with Crippen LogP contribution in [0.4, 0.5) is 0 Å². The summed E-state index contributed by atoms with van der Waals surface area (Å²) in [6.07, 6.45) is 11.5. The monoisotopic (exact) mass is 359 g/mol. The highest BCUT2D eigenvalue weighted by Gasteiger charge is 2.34. The summed E-state index contributed by atoms with van der Waals surface area (Å²) in [6.45, 7) is 6.72. The Bertz CT molecular complexity index is 601. The molecule has 3 aliphatic rings. The zero-order chi connectivity index (χ0) is 17.9. The van der Waals surface area contributed by atoms with Crippen molar-refractivity contribution < 1.29 is 4.79 Å². The molecule has 6 heteroatoms. The van der Waals surface area contributed by atoms with Crippen LogP contribution in [0.25, 0.3) is 0 Å². The predicted octanol–water partition coefficient (Wildman–Crippen LogP) is 1.72. The molecule has 1 saturated carbocycles. The van der Waals surface area contributed by atoms with Gasteiger partial charge in [-0.1, -0.05) is 12.8 Å². The molecule has 0 unspecified atom stereocenters. The van der Waals surface area contributed by atoms with E-state index in [0.717, 1.165) is 57.6 Å². The van der Waals surface area contributed by atoms with Crippen LogP contribution in [0.3, 0.4) is 0 Å². The van der Waals surface area contributed by atoms with Crippen molar-refractivity contribution in [1.82, 2.24) is 24.3 Å². The van der Waals surface area contributed by atoms with Gasteiger partial charge in [0.05, 0.1) is 12.5 Å². The van der Waals surface area contributed by atoms with Crippen LogP contribution in [0.1, 0.15) is 44.3 Å². The van der Waals surface area contributed by atoms with Crippen molar-refractivity contribution in [3.63, 3.8) is 0 Å². The van der Waals surface area contributed by atoms with E-state index in [0.29, 0.717) is 5.91 Å². The zero-order valence-corrected chi connectivity index (χ0v) is 16.1. The number of piperidine rings is 1. The molecular weight excluding hydrogens is 326 g/mol. The SMILES string of the molecule is Cn1ccnc1CN1CCN(C(=O)[C@@H]2CCCN(C3CCCC3)C2)CC1. The fraction of sp³-hybridized carbons (Fsp3) is 0.800. The number of carbonyl (C=O) groups excluding carboxylic acids is 1. The third-order valence-electron chi connectivity index (χ3n) is 6.61. The number of piperazine rings is 1. The van der Waals surface area contributed by atoms with E-state index in [1.54, 1.807) is 0 Å². The van der Waals surface area contributed by atoms with E-state index in [9.17, 15) is 4.79 Å². The van der Waals surface area contributed by atoms with E-state index in [2.05, 4.69) is 24.3 Å². The molecule has 3 fully saturated rings. The summed E-state index contributed by atoms with van der Waals surface area (Å²) in [5.41, 5.74) is 0. The molecule has 0 spiro atoms. The third-order valence-corrected chi connectivity index (χ3v) is 6.61. The summed E-state index contributed by atoms with van der Waals surface area (Å²) in [5.74, 6) is 1.74. The smallest absolute Gasteiger partial charge is 0.227 e. The van der Waals surface area contributed by atoms with E-state index >= 15 is 0 Å². The average Bonchev–Trinajstić information content (AvgIpc) is 3.35. The molecule has 1 aliphatic carbocycles. The quantitative estimate of drug-likeness (QED) is 0.821. The minimum atomic E-state index is 0.227. The lowest BCUT2D eigenvalue weighted by molar-refractivity contribution is -0.139.